The number of hydrogen-bond acceptors (Lipinski definition) is 3. The van der Waals surface area contributed by atoms with E-state index in [1.807, 2.05) is 0 Å². The van der Waals surface area contributed by atoms with Crippen LogP contribution in [0.2, 0.25) is 0 Å². The SMILES string of the molecule is O=C(O)N[C@H]1CC[C@H](NC(=S)NC(=O)c2ccc(F)c(F)c2)CC1. The van der Waals surface area contributed by atoms with Gasteiger partial charge in [0.2, 0.25) is 0 Å². The molecule has 2 amide bonds. The van der Waals surface area contributed by atoms with Crippen molar-refractivity contribution < 1.29 is 23.5 Å². The third-order valence-corrected chi connectivity index (χ3v) is 4.02. The van der Waals surface area contributed by atoms with Crippen LogP contribution in [0.1, 0.15) is 36.0 Å². The second kappa shape index (κ2) is 8.00. The van der Waals surface area contributed by atoms with Gasteiger partial charge in [-0.2, -0.15) is 0 Å². The molecule has 9 heteroatoms. The van der Waals surface area contributed by atoms with E-state index in [-0.39, 0.29) is 22.8 Å². The van der Waals surface area contributed by atoms with Crippen molar-refractivity contribution in [2.24, 2.45) is 0 Å². The number of carbonyl (C=O) groups is 2. The number of amides is 2. The summed E-state index contributed by atoms with van der Waals surface area (Å²) in [5.41, 5.74) is -0.0348. The van der Waals surface area contributed by atoms with Crippen molar-refractivity contribution in [2.45, 2.75) is 37.8 Å². The van der Waals surface area contributed by atoms with Gasteiger partial charge in [0.25, 0.3) is 5.91 Å². The summed E-state index contributed by atoms with van der Waals surface area (Å²) in [5, 5.41) is 16.6. The fourth-order valence-electron chi connectivity index (χ4n) is 2.59. The predicted molar refractivity (Wildman–Crippen MR) is 86.8 cm³/mol. The second-order valence-corrected chi connectivity index (χ2v) is 5.96. The van der Waals surface area contributed by atoms with Gasteiger partial charge in [0.05, 0.1) is 0 Å². The molecule has 0 atom stereocenters. The van der Waals surface area contributed by atoms with Gasteiger partial charge in [-0.15, -0.1) is 0 Å². The topological polar surface area (TPSA) is 90.5 Å². The molecule has 1 saturated carbocycles. The Morgan fingerprint density at radius 1 is 1.04 bits per heavy atom. The maximum atomic E-state index is 13.1. The number of halogens is 2. The highest BCUT2D eigenvalue weighted by Crippen LogP contribution is 2.18. The molecule has 0 spiro atoms. The third kappa shape index (κ3) is 5.12. The normalized spacial score (nSPS) is 20.1. The van der Waals surface area contributed by atoms with E-state index in [4.69, 9.17) is 17.3 Å². The number of nitrogens with one attached hydrogen (secondary N) is 3. The van der Waals surface area contributed by atoms with Gasteiger partial charge in [0.1, 0.15) is 0 Å². The van der Waals surface area contributed by atoms with Crippen LogP contribution < -0.4 is 16.0 Å². The smallest absolute Gasteiger partial charge is 0.404 e. The first-order valence-corrected chi connectivity index (χ1v) is 7.82. The fraction of sp³-hybridized carbons (Fsp3) is 0.400. The number of thiocarbonyl (C=S) groups is 1. The van der Waals surface area contributed by atoms with E-state index in [2.05, 4.69) is 16.0 Å². The largest absolute Gasteiger partial charge is 0.465 e. The monoisotopic (exact) mass is 357 g/mol. The molecule has 2 rings (SSSR count). The van der Waals surface area contributed by atoms with Crippen LogP contribution in [0, 0.1) is 11.6 Å². The first-order valence-electron chi connectivity index (χ1n) is 7.41. The zero-order valence-corrected chi connectivity index (χ0v) is 13.5. The molecule has 6 nitrogen and oxygen atoms in total. The van der Waals surface area contributed by atoms with Gasteiger partial charge in [0, 0.05) is 17.6 Å². The molecular formula is C15H17F2N3O3S. The highest BCUT2D eigenvalue weighted by Gasteiger charge is 2.23. The van der Waals surface area contributed by atoms with Crippen LogP contribution in [0.5, 0.6) is 0 Å². The average molecular weight is 357 g/mol. The molecule has 1 aliphatic rings. The number of carbonyl (C=O) groups excluding carboxylic acids is 1. The van der Waals surface area contributed by atoms with Crippen molar-refractivity contribution in [2.75, 3.05) is 0 Å². The molecule has 0 saturated heterocycles. The van der Waals surface area contributed by atoms with Crippen molar-refractivity contribution in [1.29, 1.82) is 0 Å². The number of benzene rings is 1. The minimum atomic E-state index is -1.11. The van der Waals surface area contributed by atoms with Gasteiger partial charge in [-0.05, 0) is 56.1 Å². The van der Waals surface area contributed by atoms with Gasteiger partial charge >= 0.3 is 6.09 Å². The van der Waals surface area contributed by atoms with Crippen molar-refractivity contribution in [3.8, 4) is 0 Å². The van der Waals surface area contributed by atoms with Gasteiger partial charge in [0.15, 0.2) is 16.7 Å². The van der Waals surface area contributed by atoms with E-state index in [0.29, 0.717) is 25.7 Å². The van der Waals surface area contributed by atoms with Crippen LogP contribution in [-0.4, -0.2) is 34.3 Å². The highest BCUT2D eigenvalue weighted by atomic mass is 32.1. The summed E-state index contributed by atoms with van der Waals surface area (Å²) in [7, 11) is 0. The van der Waals surface area contributed by atoms with E-state index >= 15 is 0 Å². The quantitative estimate of drug-likeness (QED) is 0.623. The maximum Gasteiger partial charge on any atom is 0.404 e. The van der Waals surface area contributed by atoms with Crippen LogP contribution in [0.25, 0.3) is 0 Å². The van der Waals surface area contributed by atoms with E-state index in [1.165, 1.54) is 6.07 Å². The maximum absolute atomic E-state index is 13.1. The summed E-state index contributed by atoms with van der Waals surface area (Å²) in [6.45, 7) is 0. The first kappa shape index (κ1) is 18.1. The molecule has 24 heavy (non-hydrogen) atoms. The molecule has 1 aromatic rings. The summed E-state index contributed by atoms with van der Waals surface area (Å²) in [5.74, 6) is -2.77. The lowest BCUT2D eigenvalue weighted by Crippen LogP contribution is -2.47. The van der Waals surface area contributed by atoms with Crippen molar-refractivity contribution in [3.05, 3.63) is 35.4 Å². The minimum absolute atomic E-state index is 0.0228. The molecule has 1 aliphatic carbocycles. The summed E-state index contributed by atoms with van der Waals surface area (Å²) in [4.78, 5) is 22.5. The van der Waals surface area contributed by atoms with Crippen molar-refractivity contribution in [3.63, 3.8) is 0 Å². The Bertz CT molecular complexity index is 649. The van der Waals surface area contributed by atoms with E-state index < -0.39 is 23.6 Å². The third-order valence-electron chi connectivity index (χ3n) is 3.80. The fourth-order valence-corrected chi connectivity index (χ4v) is 2.85. The second-order valence-electron chi connectivity index (χ2n) is 5.55. The van der Waals surface area contributed by atoms with Gasteiger partial charge in [-0.1, -0.05) is 0 Å². The lowest BCUT2D eigenvalue weighted by atomic mass is 9.91. The predicted octanol–water partition coefficient (Wildman–Crippen LogP) is 2.15. The van der Waals surface area contributed by atoms with E-state index in [1.54, 1.807) is 0 Å². The first-order chi connectivity index (χ1) is 11.3. The molecule has 0 aromatic heterocycles. The van der Waals surface area contributed by atoms with Crippen LogP contribution in [-0.2, 0) is 0 Å². The van der Waals surface area contributed by atoms with Gasteiger partial charge in [-0.3, -0.25) is 10.1 Å². The Labute approximate surface area is 142 Å². The van der Waals surface area contributed by atoms with Crippen LogP contribution in [0.15, 0.2) is 18.2 Å². The number of hydrogen-bond donors (Lipinski definition) is 4. The summed E-state index contributed by atoms with van der Waals surface area (Å²) < 4.78 is 26.0. The molecule has 1 aromatic carbocycles. The zero-order valence-electron chi connectivity index (χ0n) is 12.6. The minimum Gasteiger partial charge on any atom is -0.465 e. The van der Waals surface area contributed by atoms with Crippen LogP contribution in [0.4, 0.5) is 13.6 Å². The number of carboxylic acid groups (broad SMARTS) is 1. The summed E-state index contributed by atoms with van der Waals surface area (Å²) in [6.07, 6.45) is 1.70. The van der Waals surface area contributed by atoms with Crippen molar-refractivity contribution in [1.82, 2.24) is 16.0 Å². The molecular weight excluding hydrogens is 340 g/mol. The number of rotatable bonds is 3. The van der Waals surface area contributed by atoms with Crippen LogP contribution >= 0.6 is 12.2 Å². The van der Waals surface area contributed by atoms with Gasteiger partial charge < -0.3 is 15.7 Å². The standard InChI is InChI=1S/C15H17F2N3O3S/c16-11-6-1-8(7-12(11)17)13(21)20-14(24)18-9-2-4-10(5-3-9)19-15(22)23/h1,6-7,9-10,19H,2-5H2,(H,22,23)(H2,18,20,21,24)/t9-,10-. The van der Waals surface area contributed by atoms with Crippen molar-refractivity contribution >= 4 is 29.3 Å². The van der Waals surface area contributed by atoms with E-state index in [9.17, 15) is 18.4 Å². The molecule has 4 N–H and O–H groups in total. The zero-order chi connectivity index (χ0) is 17.7. The lowest BCUT2D eigenvalue weighted by molar-refractivity contribution is 0.0975. The average Bonchev–Trinajstić information content (AvgIpc) is 2.51. The van der Waals surface area contributed by atoms with Gasteiger partial charge in [-0.25, -0.2) is 13.6 Å². The van der Waals surface area contributed by atoms with Crippen LogP contribution in [0.3, 0.4) is 0 Å². The summed E-state index contributed by atoms with van der Waals surface area (Å²) in [6, 6.07) is 2.78. The molecule has 0 unspecified atom stereocenters. The Hall–Kier alpha value is -2.29. The van der Waals surface area contributed by atoms with E-state index in [0.717, 1.165) is 12.1 Å². The lowest BCUT2D eigenvalue weighted by Gasteiger charge is -2.29. The Morgan fingerprint density at radius 2 is 1.62 bits per heavy atom. The Morgan fingerprint density at radius 3 is 2.17 bits per heavy atom. The molecule has 0 bridgehead atoms. The Kier molecular flexibility index (Phi) is 6.02. The molecule has 130 valence electrons. The Balaban J connectivity index is 1.80. The summed E-state index contributed by atoms with van der Waals surface area (Å²) >= 11 is 5.05. The molecule has 0 radical (unpaired) electrons. The highest BCUT2D eigenvalue weighted by molar-refractivity contribution is 7.80. The molecule has 0 aliphatic heterocycles. The molecule has 1 fully saturated rings. The molecule has 0 heterocycles.